The fourth-order valence-electron chi connectivity index (χ4n) is 6.98. The molecule has 3 saturated carbocycles. The number of carboxylic acids is 1. The van der Waals surface area contributed by atoms with Gasteiger partial charge in [-0.05, 0) is 91.3 Å². The summed E-state index contributed by atoms with van der Waals surface area (Å²) in [5, 5.41) is 13.3. The number of carbonyl (C=O) groups excluding carboxylic acids is 2. The van der Waals surface area contributed by atoms with Gasteiger partial charge in [-0.2, -0.15) is 0 Å². The van der Waals surface area contributed by atoms with Gasteiger partial charge in [0.2, 0.25) is 0 Å². The summed E-state index contributed by atoms with van der Waals surface area (Å²) in [5.41, 5.74) is 4.53. The number of carbonyl (C=O) groups is 3. The topological polar surface area (TPSA) is 108 Å². The van der Waals surface area contributed by atoms with Gasteiger partial charge in [0.1, 0.15) is 5.75 Å². The molecule has 3 N–H and O–H groups in total. The van der Waals surface area contributed by atoms with Gasteiger partial charge in [0, 0.05) is 30.3 Å². The van der Waals surface area contributed by atoms with Crippen molar-refractivity contribution in [1.82, 2.24) is 15.8 Å². The Labute approximate surface area is 229 Å². The molecule has 214 valence electrons. The summed E-state index contributed by atoms with van der Waals surface area (Å²) in [7, 11) is 0. The predicted molar refractivity (Wildman–Crippen MR) is 138 cm³/mol. The Balaban J connectivity index is 1.29. The first-order chi connectivity index (χ1) is 19.1. The lowest BCUT2D eigenvalue weighted by Crippen LogP contribution is -2.51. The van der Waals surface area contributed by atoms with E-state index < -0.39 is 24.0 Å². The van der Waals surface area contributed by atoms with E-state index in [2.05, 4.69) is 15.5 Å². The third kappa shape index (κ3) is 6.41. The maximum Gasteiger partial charge on any atom is 0.573 e. The van der Waals surface area contributed by atoms with E-state index in [0.717, 1.165) is 36.5 Å². The number of nitrogens with zero attached hydrogens (tertiary/aromatic N) is 1. The number of rotatable bonds is 10. The lowest BCUT2D eigenvalue weighted by molar-refractivity contribution is -0.274. The highest BCUT2D eigenvalue weighted by atomic mass is 19.4. The molecule has 2 amide bonds. The molecular weight excluding hydrogens is 527 g/mol. The van der Waals surface area contributed by atoms with Gasteiger partial charge in [0.15, 0.2) is 0 Å². The summed E-state index contributed by atoms with van der Waals surface area (Å²) < 4.78 is 41.5. The number of carboxylic acid groups (broad SMARTS) is 1. The van der Waals surface area contributed by atoms with Crippen molar-refractivity contribution in [2.45, 2.75) is 57.5 Å². The average molecular weight is 560 g/mol. The summed E-state index contributed by atoms with van der Waals surface area (Å²) in [6, 6.07) is 11.9. The number of aliphatic carboxylic acids is 1. The number of alkyl halides is 3. The van der Waals surface area contributed by atoms with Crippen molar-refractivity contribution in [3.63, 3.8) is 0 Å². The molecule has 2 aromatic carbocycles. The normalized spacial score (nSPS) is 25.1. The Morgan fingerprint density at radius 2 is 1.55 bits per heavy atom. The number of fused-ring (bicyclic) bond motifs is 5. The fraction of sp³-hybridized carbons (Fsp3) is 0.483. The van der Waals surface area contributed by atoms with E-state index in [1.807, 2.05) is 5.01 Å². The average Bonchev–Trinajstić information content (AvgIpc) is 3.62. The van der Waals surface area contributed by atoms with Crippen LogP contribution in [0.15, 0.2) is 48.5 Å². The summed E-state index contributed by atoms with van der Waals surface area (Å²) in [4.78, 5) is 36.2. The number of hydrazine groups is 1. The van der Waals surface area contributed by atoms with Crippen molar-refractivity contribution >= 4 is 17.8 Å². The Kier molecular flexibility index (Phi) is 8.02. The molecule has 3 fully saturated rings. The van der Waals surface area contributed by atoms with E-state index in [1.165, 1.54) is 31.4 Å². The fourth-order valence-corrected chi connectivity index (χ4v) is 6.98. The van der Waals surface area contributed by atoms with Gasteiger partial charge < -0.3 is 15.2 Å². The van der Waals surface area contributed by atoms with Crippen LogP contribution in [-0.2, 0) is 11.3 Å². The van der Waals surface area contributed by atoms with Crippen molar-refractivity contribution in [2.75, 3.05) is 6.54 Å². The molecule has 0 aliphatic heterocycles. The zero-order chi connectivity index (χ0) is 28.4. The van der Waals surface area contributed by atoms with Crippen molar-refractivity contribution in [1.29, 1.82) is 0 Å². The molecule has 0 saturated heterocycles. The van der Waals surface area contributed by atoms with Crippen LogP contribution in [0.2, 0.25) is 0 Å². The first-order valence-electron chi connectivity index (χ1n) is 13.6. The van der Waals surface area contributed by atoms with Gasteiger partial charge in [0.25, 0.3) is 11.8 Å². The van der Waals surface area contributed by atoms with Gasteiger partial charge >= 0.3 is 12.3 Å². The zero-order valence-corrected chi connectivity index (χ0v) is 21.8. The van der Waals surface area contributed by atoms with Crippen molar-refractivity contribution in [3.05, 3.63) is 65.2 Å². The first-order valence-corrected chi connectivity index (χ1v) is 13.6. The van der Waals surface area contributed by atoms with Gasteiger partial charge in [0.05, 0.1) is 6.42 Å². The van der Waals surface area contributed by atoms with Crippen LogP contribution in [0.4, 0.5) is 13.2 Å². The smallest absolute Gasteiger partial charge is 0.481 e. The molecule has 3 aliphatic carbocycles. The number of amides is 2. The molecule has 3 aliphatic rings. The van der Waals surface area contributed by atoms with Crippen LogP contribution < -0.4 is 15.5 Å². The first kappa shape index (κ1) is 27.9. The largest absolute Gasteiger partial charge is 0.573 e. The third-order valence-electron chi connectivity index (χ3n) is 8.58. The predicted octanol–water partition coefficient (Wildman–Crippen LogP) is 4.76. The number of ether oxygens (including phenoxy) is 1. The molecule has 0 spiro atoms. The van der Waals surface area contributed by atoms with Crippen LogP contribution in [0.1, 0.15) is 64.8 Å². The molecule has 40 heavy (non-hydrogen) atoms. The summed E-state index contributed by atoms with van der Waals surface area (Å²) in [6.45, 7) is 0.429. The highest BCUT2D eigenvalue weighted by Crippen LogP contribution is 2.59. The molecule has 4 unspecified atom stereocenters. The van der Waals surface area contributed by atoms with Crippen LogP contribution in [-0.4, -0.2) is 46.8 Å². The van der Waals surface area contributed by atoms with Gasteiger partial charge in [-0.15, -0.1) is 13.2 Å². The quantitative estimate of drug-likeness (QED) is 0.363. The number of benzene rings is 2. The summed E-state index contributed by atoms with van der Waals surface area (Å²) in [6.07, 6.45) is 0.866. The summed E-state index contributed by atoms with van der Waals surface area (Å²) >= 11 is 0. The van der Waals surface area contributed by atoms with E-state index in [-0.39, 0.29) is 30.5 Å². The molecule has 0 heterocycles. The van der Waals surface area contributed by atoms with Crippen LogP contribution in [0.25, 0.3) is 0 Å². The maximum absolute atomic E-state index is 13.2. The Morgan fingerprint density at radius 3 is 2.23 bits per heavy atom. The van der Waals surface area contributed by atoms with Crippen LogP contribution >= 0.6 is 0 Å². The minimum Gasteiger partial charge on any atom is -0.481 e. The molecular formula is C29H32F3N3O5. The molecule has 8 nitrogen and oxygen atoms in total. The van der Waals surface area contributed by atoms with Crippen molar-refractivity contribution in [2.24, 2.45) is 23.7 Å². The lowest BCUT2D eigenvalue weighted by atomic mass is 9.79. The number of nitrogens with one attached hydrogen (secondary N) is 2. The van der Waals surface area contributed by atoms with Crippen LogP contribution in [0.5, 0.6) is 5.75 Å². The Morgan fingerprint density at radius 1 is 0.900 bits per heavy atom. The molecule has 0 aromatic heterocycles. The highest BCUT2D eigenvalue weighted by Gasteiger charge is 2.55. The highest BCUT2D eigenvalue weighted by molar-refractivity contribution is 5.94. The van der Waals surface area contributed by atoms with E-state index >= 15 is 0 Å². The second-order valence-electron chi connectivity index (χ2n) is 11.0. The molecule has 5 rings (SSSR count). The Hall–Kier alpha value is -3.60. The number of hydrogen-bond donors (Lipinski definition) is 3. The van der Waals surface area contributed by atoms with E-state index in [4.69, 9.17) is 5.11 Å². The molecule has 2 bridgehead atoms. The van der Waals surface area contributed by atoms with Crippen molar-refractivity contribution in [3.8, 4) is 5.75 Å². The second kappa shape index (κ2) is 11.5. The standard InChI is InChI=1S/C29H32F3N3O5/c30-29(31,32)40-21-10-8-19(9-11-21)28(39)34-35(25-15-20-14-24(25)23-3-1-2-22(20)23)16-17-4-6-18(7-5-17)27(38)33-13-12-26(36)37/h4-11,20,22-25H,1-3,12-16H2,(H,33,38)(H,34,39)(H,36,37)/t20?,22?,23?,24?,25-/m1/s1. The monoisotopic (exact) mass is 559 g/mol. The van der Waals surface area contributed by atoms with Gasteiger partial charge in [-0.1, -0.05) is 18.6 Å². The van der Waals surface area contributed by atoms with E-state index in [0.29, 0.717) is 29.9 Å². The molecule has 5 atom stereocenters. The minimum absolute atomic E-state index is 0.0332. The lowest BCUT2D eigenvalue weighted by Gasteiger charge is -2.39. The van der Waals surface area contributed by atoms with E-state index in [1.54, 1.807) is 24.3 Å². The zero-order valence-electron chi connectivity index (χ0n) is 21.8. The third-order valence-corrected chi connectivity index (χ3v) is 8.58. The van der Waals surface area contributed by atoms with Gasteiger partial charge in [-0.3, -0.25) is 19.8 Å². The van der Waals surface area contributed by atoms with Crippen LogP contribution in [0.3, 0.4) is 0 Å². The van der Waals surface area contributed by atoms with Gasteiger partial charge in [-0.25, -0.2) is 5.01 Å². The number of hydrogen-bond acceptors (Lipinski definition) is 5. The maximum atomic E-state index is 13.2. The van der Waals surface area contributed by atoms with Crippen molar-refractivity contribution < 1.29 is 37.4 Å². The van der Waals surface area contributed by atoms with E-state index in [9.17, 15) is 27.6 Å². The summed E-state index contributed by atoms with van der Waals surface area (Å²) in [5.74, 6) is 0.353. The molecule has 2 aromatic rings. The second-order valence-corrected chi connectivity index (χ2v) is 11.0. The molecule has 0 radical (unpaired) electrons. The number of halogens is 3. The minimum atomic E-state index is -4.81. The van der Waals surface area contributed by atoms with Crippen LogP contribution in [0, 0.1) is 23.7 Å². The SMILES string of the molecule is O=C(O)CCNC(=O)c1ccc(CN(NC(=O)c2ccc(OC(F)(F)F)cc2)[C@@H]2CC3CC2C2CCCC32)cc1. The Bertz CT molecular complexity index is 1230. The molecule has 11 heteroatoms.